The number of hydrogen-bond donors (Lipinski definition) is 3. The van der Waals surface area contributed by atoms with E-state index in [1.807, 2.05) is 24.3 Å². The zero-order valence-electron chi connectivity index (χ0n) is 15.6. The van der Waals surface area contributed by atoms with Crippen molar-refractivity contribution in [3.05, 3.63) is 65.9 Å². The third-order valence-corrected chi connectivity index (χ3v) is 4.07. The number of rotatable bonds is 7. The Kier molecular flexibility index (Phi) is 6.10. The molecule has 1 aromatic heterocycles. The van der Waals surface area contributed by atoms with E-state index in [0.717, 1.165) is 17.8 Å². The van der Waals surface area contributed by atoms with E-state index in [4.69, 9.17) is 4.52 Å². The molecule has 0 aliphatic heterocycles. The number of carbonyl (C=O) groups excluding carboxylic acids is 1. The van der Waals surface area contributed by atoms with E-state index in [0.29, 0.717) is 17.3 Å². The van der Waals surface area contributed by atoms with E-state index < -0.39 is 0 Å². The average molecular weight is 364 g/mol. The van der Waals surface area contributed by atoms with Crippen molar-refractivity contribution >= 4 is 28.9 Å². The summed E-state index contributed by atoms with van der Waals surface area (Å²) in [6, 6.07) is 17.3. The van der Waals surface area contributed by atoms with Crippen LogP contribution >= 0.6 is 0 Å². The monoisotopic (exact) mass is 364 g/mol. The number of amides is 2. The molecule has 1 heterocycles. The predicted molar refractivity (Wildman–Crippen MR) is 109 cm³/mol. The topological polar surface area (TPSA) is 79.2 Å². The summed E-state index contributed by atoms with van der Waals surface area (Å²) < 4.78 is 4.91. The lowest BCUT2D eigenvalue weighted by Gasteiger charge is -2.09. The number of hydrogen-bond acceptors (Lipinski definition) is 4. The number of benzene rings is 2. The molecule has 0 aliphatic rings. The molecule has 0 saturated carbocycles. The molecular formula is C21H24N4O2. The molecule has 0 unspecified atom stereocenters. The Morgan fingerprint density at radius 3 is 2.19 bits per heavy atom. The quantitative estimate of drug-likeness (QED) is 0.501. The van der Waals surface area contributed by atoms with Crippen LogP contribution in [-0.2, 0) is 6.42 Å². The zero-order chi connectivity index (χ0) is 19.1. The predicted octanol–water partition coefficient (Wildman–Crippen LogP) is 5.71. The Morgan fingerprint density at radius 1 is 0.963 bits per heavy atom. The molecule has 2 aromatic carbocycles. The Bertz CT molecular complexity index is 870. The molecule has 0 fully saturated rings. The highest BCUT2D eigenvalue weighted by Gasteiger charge is 2.06. The van der Waals surface area contributed by atoms with Crippen LogP contribution in [0.15, 0.2) is 59.1 Å². The van der Waals surface area contributed by atoms with E-state index in [1.165, 1.54) is 18.4 Å². The number of urea groups is 1. The molecule has 0 spiro atoms. The number of unbranched alkanes of at least 4 members (excludes halogenated alkanes) is 1. The minimum atomic E-state index is -0.369. The standard InChI is InChI=1S/C21H24N4O2/c1-3-4-5-16-6-8-17(9-7-16)22-18-10-12-19(13-11-18)23-21(26)24-20-14-15(2)27-25-20/h6-14,22H,3-5H2,1-2H3,(H2,23,24,25,26). The second-order valence-electron chi connectivity index (χ2n) is 6.40. The maximum absolute atomic E-state index is 12.0. The maximum Gasteiger partial charge on any atom is 0.324 e. The summed E-state index contributed by atoms with van der Waals surface area (Å²) >= 11 is 0. The molecule has 3 N–H and O–H groups in total. The van der Waals surface area contributed by atoms with E-state index in [2.05, 4.69) is 52.3 Å². The van der Waals surface area contributed by atoms with Crippen LogP contribution in [-0.4, -0.2) is 11.2 Å². The van der Waals surface area contributed by atoms with Gasteiger partial charge in [0, 0.05) is 23.1 Å². The van der Waals surface area contributed by atoms with Gasteiger partial charge in [-0.2, -0.15) is 0 Å². The minimum absolute atomic E-state index is 0.369. The summed E-state index contributed by atoms with van der Waals surface area (Å²) in [4.78, 5) is 12.0. The molecule has 27 heavy (non-hydrogen) atoms. The van der Waals surface area contributed by atoms with Crippen molar-refractivity contribution < 1.29 is 9.32 Å². The van der Waals surface area contributed by atoms with Crippen molar-refractivity contribution in [3.8, 4) is 0 Å². The van der Waals surface area contributed by atoms with Gasteiger partial charge in [0.2, 0.25) is 0 Å². The van der Waals surface area contributed by atoms with Crippen LogP contribution < -0.4 is 16.0 Å². The highest BCUT2D eigenvalue weighted by molar-refractivity contribution is 5.99. The molecule has 3 rings (SSSR count). The number of aryl methyl sites for hydroxylation is 2. The number of carbonyl (C=O) groups is 1. The van der Waals surface area contributed by atoms with Crippen LogP contribution in [0.3, 0.4) is 0 Å². The van der Waals surface area contributed by atoms with Crippen LogP contribution in [0.2, 0.25) is 0 Å². The van der Waals surface area contributed by atoms with Gasteiger partial charge in [0.1, 0.15) is 5.76 Å². The van der Waals surface area contributed by atoms with Gasteiger partial charge in [-0.25, -0.2) is 4.79 Å². The Hall–Kier alpha value is -3.28. The second-order valence-corrected chi connectivity index (χ2v) is 6.40. The summed E-state index contributed by atoms with van der Waals surface area (Å²) in [6.07, 6.45) is 3.54. The normalized spacial score (nSPS) is 10.4. The molecule has 0 saturated heterocycles. The molecule has 140 valence electrons. The number of anilines is 4. The summed E-state index contributed by atoms with van der Waals surface area (Å²) in [7, 11) is 0. The van der Waals surface area contributed by atoms with E-state index in [9.17, 15) is 4.79 Å². The summed E-state index contributed by atoms with van der Waals surface area (Å²) in [5.41, 5.74) is 4.04. The largest absolute Gasteiger partial charge is 0.360 e. The smallest absolute Gasteiger partial charge is 0.324 e. The molecular weight excluding hydrogens is 340 g/mol. The fourth-order valence-electron chi connectivity index (χ4n) is 2.64. The lowest BCUT2D eigenvalue weighted by Crippen LogP contribution is -2.19. The van der Waals surface area contributed by atoms with Crippen molar-refractivity contribution in [2.45, 2.75) is 33.1 Å². The molecule has 0 radical (unpaired) electrons. The minimum Gasteiger partial charge on any atom is -0.360 e. The van der Waals surface area contributed by atoms with Gasteiger partial charge in [-0.1, -0.05) is 30.6 Å². The first-order valence-corrected chi connectivity index (χ1v) is 9.10. The highest BCUT2D eigenvalue weighted by atomic mass is 16.5. The molecule has 6 nitrogen and oxygen atoms in total. The van der Waals surface area contributed by atoms with Crippen LogP contribution in [0.4, 0.5) is 27.7 Å². The molecule has 0 aliphatic carbocycles. The fourth-order valence-corrected chi connectivity index (χ4v) is 2.64. The van der Waals surface area contributed by atoms with Gasteiger partial charge in [0.15, 0.2) is 5.82 Å². The molecule has 0 bridgehead atoms. The first kappa shape index (κ1) is 18.5. The third kappa shape index (κ3) is 5.60. The van der Waals surface area contributed by atoms with Crippen molar-refractivity contribution in [2.24, 2.45) is 0 Å². The van der Waals surface area contributed by atoms with Gasteiger partial charge >= 0.3 is 6.03 Å². The van der Waals surface area contributed by atoms with Gasteiger partial charge in [0.25, 0.3) is 0 Å². The second kappa shape index (κ2) is 8.89. The zero-order valence-corrected chi connectivity index (χ0v) is 15.6. The Morgan fingerprint density at radius 2 is 1.59 bits per heavy atom. The summed E-state index contributed by atoms with van der Waals surface area (Å²) in [5.74, 6) is 1.02. The molecule has 3 aromatic rings. The first-order chi connectivity index (χ1) is 13.1. The van der Waals surface area contributed by atoms with E-state index in [-0.39, 0.29) is 6.03 Å². The van der Waals surface area contributed by atoms with Crippen LogP contribution in [0.1, 0.15) is 31.1 Å². The SMILES string of the molecule is CCCCc1ccc(Nc2ccc(NC(=O)Nc3cc(C)on3)cc2)cc1. The lowest BCUT2D eigenvalue weighted by molar-refractivity contribution is 0.262. The maximum atomic E-state index is 12.0. The van der Waals surface area contributed by atoms with E-state index in [1.54, 1.807) is 13.0 Å². The Labute approximate surface area is 159 Å². The molecule has 6 heteroatoms. The average Bonchev–Trinajstić information content (AvgIpc) is 3.07. The van der Waals surface area contributed by atoms with Gasteiger partial charge in [-0.3, -0.25) is 5.32 Å². The van der Waals surface area contributed by atoms with Gasteiger partial charge in [-0.15, -0.1) is 0 Å². The van der Waals surface area contributed by atoms with Crippen molar-refractivity contribution in [1.82, 2.24) is 5.16 Å². The number of nitrogens with zero attached hydrogens (tertiary/aromatic N) is 1. The number of nitrogens with one attached hydrogen (secondary N) is 3. The lowest BCUT2D eigenvalue weighted by atomic mass is 10.1. The van der Waals surface area contributed by atoms with Gasteiger partial charge in [0.05, 0.1) is 0 Å². The summed E-state index contributed by atoms with van der Waals surface area (Å²) in [6.45, 7) is 3.97. The highest BCUT2D eigenvalue weighted by Crippen LogP contribution is 2.20. The first-order valence-electron chi connectivity index (χ1n) is 9.10. The van der Waals surface area contributed by atoms with Crippen LogP contribution in [0.25, 0.3) is 0 Å². The van der Waals surface area contributed by atoms with Gasteiger partial charge in [-0.05, 0) is 61.7 Å². The third-order valence-electron chi connectivity index (χ3n) is 4.07. The fraction of sp³-hybridized carbons (Fsp3) is 0.238. The Balaban J connectivity index is 1.53. The number of aromatic nitrogens is 1. The molecule has 0 atom stereocenters. The van der Waals surface area contributed by atoms with Crippen molar-refractivity contribution in [2.75, 3.05) is 16.0 Å². The van der Waals surface area contributed by atoms with E-state index >= 15 is 0 Å². The van der Waals surface area contributed by atoms with Crippen molar-refractivity contribution in [3.63, 3.8) is 0 Å². The van der Waals surface area contributed by atoms with Crippen molar-refractivity contribution in [1.29, 1.82) is 0 Å². The van der Waals surface area contributed by atoms with Gasteiger partial charge < -0.3 is 15.2 Å². The van der Waals surface area contributed by atoms with Crippen LogP contribution in [0, 0.1) is 6.92 Å². The molecule has 2 amide bonds. The van der Waals surface area contributed by atoms with Crippen LogP contribution in [0.5, 0.6) is 0 Å². The summed E-state index contributed by atoms with van der Waals surface area (Å²) in [5, 5.41) is 12.5.